The zero-order chi connectivity index (χ0) is 9.68. The van der Waals surface area contributed by atoms with Crippen LogP contribution in [0.5, 0.6) is 5.75 Å². The lowest BCUT2D eigenvalue weighted by Gasteiger charge is -2.00. The van der Waals surface area contributed by atoms with Gasteiger partial charge in [-0.2, -0.15) is 0 Å². The molecule has 0 atom stereocenters. The maximum atomic E-state index is 10.5. The summed E-state index contributed by atoms with van der Waals surface area (Å²) in [5.74, 6) is 0.403. The largest absolute Gasteiger partial charge is 0.495 e. The Hall–Kier alpha value is -1.58. The molecule has 4 heteroatoms. The summed E-state index contributed by atoms with van der Waals surface area (Å²) in [6, 6.07) is 3.63. The van der Waals surface area contributed by atoms with Crippen molar-refractivity contribution in [2.75, 3.05) is 7.11 Å². The molecule has 1 heterocycles. The lowest BCUT2D eigenvalue weighted by molar-refractivity contribution is -0.118. The van der Waals surface area contributed by atoms with Crippen molar-refractivity contribution in [3.63, 3.8) is 0 Å². The Labute approximate surface area is 76.7 Å². The van der Waals surface area contributed by atoms with Gasteiger partial charge < -0.3 is 10.5 Å². The smallest absolute Gasteiger partial charge is 0.217 e. The first-order valence-electron chi connectivity index (χ1n) is 3.99. The Balaban J connectivity index is 2.54. The van der Waals surface area contributed by atoms with Crippen molar-refractivity contribution >= 4 is 5.91 Å². The van der Waals surface area contributed by atoms with Crippen molar-refractivity contribution < 1.29 is 9.53 Å². The van der Waals surface area contributed by atoms with Gasteiger partial charge in [-0.25, -0.2) is 0 Å². The maximum absolute atomic E-state index is 10.5. The van der Waals surface area contributed by atoms with Crippen LogP contribution in [-0.2, 0) is 11.2 Å². The summed E-state index contributed by atoms with van der Waals surface area (Å²) in [5, 5.41) is 0. The van der Waals surface area contributed by atoms with E-state index in [0.717, 1.165) is 5.69 Å². The molecule has 0 fully saturated rings. The fourth-order valence-corrected chi connectivity index (χ4v) is 0.931. The second-order valence-corrected chi connectivity index (χ2v) is 2.66. The summed E-state index contributed by atoms with van der Waals surface area (Å²) in [7, 11) is 1.58. The maximum Gasteiger partial charge on any atom is 0.217 e. The van der Waals surface area contributed by atoms with Gasteiger partial charge >= 0.3 is 0 Å². The van der Waals surface area contributed by atoms with Crippen LogP contribution in [-0.4, -0.2) is 18.0 Å². The number of hydrogen-bond donors (Lipinski definition) is 1. The Bertz CT molecular complexity index is 282. The first-order chi connectivity index (χ1) is 6.22. The minimum absolute atomic E-state index is 0.308. The van der Waals surface area contributed by atoms with Crippen LogP contribution in [0.1, 0.15) is 12.1 Å². The fourth-order valence-electron chi connectivity index (χ4n) is 0.931. The molecule has 70 valence electrons. The Morgan fingerprint density at radius 2 is 2.38 bits per heavy atom. The highest BCUT2D eigenvalue weighted by Crippen LogP contribution is 2.08. The van der Waals surface area contributed by atoms with Gasteiger partial charge in [0.25, 0.3) is 0 Å². The van der Waals surface area contributed by atoms with Crippen molar-refractivity contribution in [1.29, 1.82) is 0 Å². The molecule has 0 unspecified atom stereocenters. The molecule has 0 spiro atoms. The number of rotatable bonds is 4. The molecule has 13 heavy (non-hydrogen) atoms. The molecule has 0 radical (unpaired) electrons. The van der Waals surface area contributed by atoms with Crippen LogP contribution in [0.3, 0.4) is 0 Å². The number of carbonyl (C=O) groups is 1. The van der Waals surface area contributed by atoms with Crippen LogP contribution in [0.2, 0.25) is 0 Å². The molecule has 2 N–H and O–H groups in total. The van der Waals surface area contributed by atoms with Crippen LogP contribution >= 0.6 is 0 Å². The molecule has 0 bridgehead atoms. The summed E-state index contributed by atoms with van der Waals surface area (Å²) < 4.78 is 4.94. The third-order valence-electron chi connectivity index (χ3n) is 1.66. The van der Waals surface area contributed by atoms with Crippen molar-refractivity contribution in [2.24, 2.45) is 5.73 Å². The number of amides is 1. The SMILES string of the molecule is COc1ccc(CCC(N)=O)nc1. The molecule has 0 aliphatic rings. The normalized spacial score (nSPS) is 9.62. The lowest BCUT2D eigenvalue weighted by atomic mass is 10.2. The molecule has 0 aromatic carbocycles. The van der Waals surface area contributed by atoms with Gasteiger partial charge in [0.1, 0.15) is 5.75 Å². The van der Waals surface area contributed by atoms with E-state index in [1.54, 1.807) is 13.3 Å². The third-order valence-corrected chi connectivity index (χ3v) is 1.66. The molecule has 0 aliphatic carbocycles. The van der Waals surface area contributed by atoms with Gasteiger partial charge in [-0.05, 0) is 18.6 Å². The number of hydrogen-bond acceptors (Lipinski definition) is 3. The number of aryl methyl sites for hydroxylation is 1. The number of nitrogens with zero attached hydrogens (tertiary/aromatic N) is 1. The summed E-state index contributed by atoms with van der Waals surface area (Å²) in [5.41, 5.74) is 5.85. The predicted molar refractivity (Wildman–Crippen MR) is 48.3 cm³/mol. The number of primary amides is 1. The molecule has 1 amide bonds. The Morgan fingerprint density at radius 1 is 1.62 bits per heavy atom. The van der Waals surface area contributed by atoms with E-state index in [2.05, 4.69) is 4.98 Å². The Morgan fingerprint density at radius 3 is 2.85 bits per heavy atom. The zero-order valence-corrected chi connectivity index (χ0v) is 7.49. The van der Waals surface area contributed by atoms with Crippen molar-refractivity contribution in [1.82, 2.24) is 4.98 Å². The van der Waals surface area contributed by atoms with E-state index in [4.69, 9.17) is 10.5 Å². The van der Waals surface area contributed by atoms with Crippen molar-refractivity contribution in [3.05, 3.63) is 24.0 Å². The molecule has 0 saturated carbocycles. The number of methoxy groups -OCH3 is 1. The zero-order valence-electron chi connectivity index (χ0n) is 7.49. The summed E-state index contributed by atoms with van der Waals surface area (Å²) in [4.78, 5) is 14.6. The van der Waals surface area contributed by atoms with Crippen LogP contribution in [0.25, 0.3) is 0 Å². The Kier molecular flexibility index (Phi) is 3.25. The van der Waals surface area contributed by atoms with Gasteiger partial charge in [-0.15, -0.1) is 0 Å². The highest BCUT2D eigenvalue weighted by molar-refractivity contribution is 5.73. The molecule has 0 saturated heterocycles. The lowest BCUT2D eigenvalue weighted by Crippen LogP contribution is -2.11. The molecule has 1 aromatic rings. The summed E-state index contributed by atoms with van der Waals surface area (Å²) >= 11 is 0. The number of nitrogens with two attached hydrogens (primary N) is 1. The second kappa shape index (κ2) is 4.45. The summed E-state index contributed by atoms with van der Waals surface area (Å²) in [6.07, 6.45) is 2.54. The van der Waals surface area contributed by atoms with Gasteiger partial charge in [0.05, 0.1) is 13.3 Å². The minimum Gasteiger partial charge on any atom is -0.495 e. The van der Waals surface area contributed by atoms with Gasteiger partial charge in [0.15, 0.2) is 0 Å². The quantitative estimate of drug-likeness (QED) is 0.734. The first-order valence-corrected chi connectivity index (χ1v) is 3.99. The minimum atomic E-state index is -0.308. The van der Waals surface area contributed by atoms with Crippen LogP contribution in [0.4, 0.5) is 0 Å². The first kappa shape index (κ1) is 9.51. The van der Waals surface area contributed by atoms with E-state index in [0.29, 0.717) is 18.6 Å². The van der Waals surface area contributed by atoms with Gasteiger partial charge in [0, 0.05) is 12.1 Å². The summed E-state index contributed by atoms with van der Waals surface area (Å²) in [6.45, 7) is 0. The average molecular weight is 180 g/mol. The van der Waals surface area contributed by atoms with Crippen molar-refractivity contribution in [2.45, 2.75) is 12.8 Å². The topological polar surface area (TPSA) is 65.2 Å². The van der Waals surface area contributed by atoms with E-state index < -0.39 is 0 Å². The highest BCUT2D eigenvalue weighted by Gasteiger charge is 1.98. The molecular formula is C9H12N2O2. The molecule has 4 nitrogen and oxygen atoms in total. The van der Waals surface area contributed by atoms with E-state index in [-0.39, 0.29) is 5.91 Å². The number of carbonyl (C=O) groups excluding carboxylic acids is 1. The van der Waals surface area contributed by atoms with Gasteiger partial charge in [-0.3, -0.25) is 9.78 Å². The molecule has 0 aliphatic heterocycles. The number of aromatic nitrogens is 1. The monoisotopic (exact) mass is 180 g/mol. The average Bonchev–Trinajstić information content (AvgIpc) is 2.15. The van der Waals surface area contributed by atoms with E-state index >= 15 is 0 Å². The predicted octanol–water partition coefficient (Wildman–Crippen LogP) is 0.508. The van der Waals surface area contributed by atoms with E-state index in [1.165, 1.54) is 0 Å². The van der Waals surface area contributed by atoms with Crippen LogP contribution in [0, 0.1) is 0 Å². The van der Waals surface area contributed by atoms with Crippen molar-refractivity contribution in [3.8, 4) is 5.75 Å². The van der Waals surface area contributed by atoms with Crippen LogP contribution < -0.4 is 10.5 Å². The standard InChI is InChI=1S/C9H12N2O2/c1-13-8-4-2-7(11-6-8)3-5-9(10)12/h2,4,6H,3,5H2,1H3,(H2,10,12). The second-order valence-electron chi connectivity index (χ2n) is 2.66. The van der Waals surface area contributed by atoms with Gasteiger partial charge in [-0.1, -0.05) is 0 Å². The van der Waals surface area contributed by atoms with E-state index in [9.17, 15) is 4.79 Å². The fraction of sp³-hybridized carbons (Fsp3) is 0.333. The van der Waals surface area contributed by atoms with Gasteiger partial charge in [0.2, 0.25) is 5.91 Å². The molecular weight excluding hydrogens is 168 g/mol. The number of pyridine rings is 1. The number of ether oxygens (including phenoxy) is 1. The van der Waals surface area contributed by atoms with Crippen LogP contribution in [0.15, 0.2) is 18.3 Å². The van der Waals surface area contributed by atoms with E-state index in [1.807, 2.05) is 12.1 Å². The third kappa shape index (κ3) is 3.11. The molecule has 1 aromatic heterocycles. The highest BCUT2D eigenvalue weighted by atomic mass is 16.5. The molecule has 1 rings (SSSR count).